The number of aryl methyl sites for hydroxylation is 2. The number of fused-ring (bicyclic) bond motifs is 2. The zero-order chi connectivity index (χ0) is 25.7. The van der Waals surface area contributed by atoms with E-state index in [4.69, 9.17) is 0 Å². The molecule has 0 aliphatic carbocycles. The molecule has 192 valence electrons. The molecule has 0 heterocycles. The second-order valence-electron chi connectivity index (χ2n) is 8.70. The van der Waals surface area contributed by atoms with E-state index in [9.17, 15) is 0 Å². The third-order valence-electron chi connectivity index (χ3n) is 6.10. The van der Waals surface area contributed by atoms with Crippen LogP contribution in [0.1, 0.15) is 11.1 Å². The Hall–Kier alpha value is -1.84. The SMILES string of the molecule is Cc1cc2c(-c3ccc(Br)cc3)cccc2[cH-]1.Cc1cc2c(-c3ccc(Br)cc3)cccc2[cH-]1.[CH3-].[CH3-].[Si]=[Zr]. The average molecular weight is 718 g/mol. The van der Waals surface area contributed by atoms with Crippen LogP contribution in [0.5, 0.6) is 0 Å². The van der Waals surface area contributed by atoms with Gasteiger partial charge in [0.25, 0.3) is 0 Å². The van der Waals surface area contributed by atoms with Crippen molar-refractivity contribution in [2.75, 3.05) is 0 Å². The van der Waals surface area contributed by atoms with Crippen LogP contribution in [-0.2, 0) is 23.3 Å². The summed E-state index contributed by atoms with van der Waals surface area (Å²) in [5.41, 5.74) is 7.80. The second kappa shape index (κ2) is 15.1. The Balaban J connectivity index is 0.000000239. The fourth-order valence-electron chi connectivity index (χ4n) is 4.53. The minimum atomic E-state index is 0. The molecule has 0 atom stereocenters. The summed E-state index contributed by atoms with van der Waals surface area (Å²) in [5, 5.41) is 5.32. The molecule has 6 aromatic carbocycles. The number of rotatable bonds is 2. The monoisotopic (exact) mass is 714 g/mol. The van der Waals surface area contributed by atoms with E-state index in [2.05, 4.69) is 162 Å². The van der Waals surface area contributed by atoms with Crippen molar-refractivity contribution in [2.45, 2.75) is 13.8 Å². The van der Waals surface area contributed by atoms with E-state index in [0.717, 1.165) is 8.95 Å². The molecule has 0 N–H and O–H groups in total. The van der Waals surface area contributed by atoms with Crippen molar-refractivity contribution in [1.29, 1.82) is 0 Å². The third-order valence-corrected chi connectivity index (χ3v) is 7.16. The predicted octanol–water partition coefficient (Wildman–Crippen LogP) is 11.1. The van der Waals surface area contributed by atoms with E-state index in [0.29, 0.717) is 0 Å². The van der Waals surface area contributed by atoms with Crippen LogP contribution in [-0.4, -0.2) is 6.88 Å². The van der Waals surface area contributed by atoms with Gasteiger partial charge in [0.05, 0.1) is 0 Å². The van der Waals surface area contributed by atoms with E-state index >= 15 is 0 Å². The summed E-state index contributed by atoms with van der Waals surface area (Å²) >= 11 is 8.30. The molecule has 0 saturated carbocycles. The van der Waals surface area contributed by atoms with Crippen molar-refractivity contribution < 1.29 is 23.3 Å². The van der Waals surface area contributed by atoms with E-state index in [-0.39, 0.29) is 14.9 Å². The molecule has 38 heavy (non-hydrogen) atoms. The fraction of sp³-hybridized carbons (Fsp3) is 0.0588. The van der Waals surface area contributed by atoms with Gasteiger partial charge in [-0.2, -0.15) is 12.1 Å². The standard InChI is InChI=1S/2C16H12Br.2CH3.Si.Zr/c2*1-11-9-13-3-2-4-15(16(13)10-11)12-5-7-14(17)8-6-12;;;;/h2*2-10H,1H3;2*1H3;;/q4*-1;;. The molecule has 0 amide bonds. The quantitative estimate of drug-likeness (QED) is 0.124. The van der Waals surface area contributed by atoms with E-state index in [1.54, 1.807) is 0 Å². The molecule has 4 heteroatoms. The fourth-order valence-corrected chi connectivity index (χ4v) is 5.06. The van der Waals surface area contributed by atoms with Crippen molar-refractivity contribution in [2.24, 2.45) is 0 Å². The van der Waals surface area contributed by atoms with Crippen molar-refractivity contribution in [1.82, 2.24) is 0 Å². The summed E-state index contributed by atoms with van der Waals surface area (Å²) in [7, 11) is 0. The number of benzene rings is 4. The molecular weight excluding hydrogens is 687 g/mol. The Morgan fingerprint density at radius 3 is 1.24 bits per heavy atom. The second-order valence-corrected chi connectivity index (χ2v) is 10.5. The Bertz CT molecular complexity index is 1470. The third kappa shape index (κ3) is 7.63. The van der Waals surface area contributed by atoms with Crippen molar-refractivity contribution in [3.63, 3.8) is 0 Å². The first kappa shape index (κ1) is 32.4. The zero-order valence-corrected chi connectivity index (χ0v) is 28.8. The Morgan fingerprint density at radius 1 is 0.553 bits per heavy atom. The van der Waals surface area contributed by atoms with E-state index in [1.807, 2.05) is 0 Å². The first-order chi connectivity index (χ1) is 17.5. The van der Waals surface area contributed by atoms with Gasteiger partial charge < -0.3 is 14.9 Å². The first-order valence-electron chi connectivity index (χ1n) is 11.6. The van der Waals surface area contributed by atoms with Gasteiger partial charge in [-0.1, -0.05) is 93.2 Å². The van der Waals surface area contributed by atoms with Gasteiger partial charge >= 0.3 is 30.2 Å². The molecule has 0 unspecified atom stereocenters. The average Bonchev–Trinajstić information content (AvgIpc) is 3.47. The number of hydrogen-bond donors (Lipinski definition) is 0. The zero-order valence-electron chi connectivity index (χ0n) is 22.1. The summed E-state index contributed by atoms with van der Waals surface area (Å²) in [6.45, 7) is 7.35. The van der Waals surface area contributed by atoms with E-state index < -0.39 is 0 Å². The maximum atomic E-state index is 3.47. The van der Waals surface area contributed by atoms with Gasteiger partial charge in [0.2, 0.25) is 0 Å². The maximum absolute atomic E-state index is 3.47. The summed E-state index contributed by atoms with van der Waals surface area (Å²) in [4.78, 5) is 0. The summed E-state index contributed by atoms with van der Waals surface area (Å²) in [5.74, 6) is 0. The Morgan fingerprint density at radius 2 is 0.895 bits per heavy atom. The molecule has 0 saturated heterocycles. The van der Waals surface area contributed by atoms with Crippen LogP contribution in [0.15, 0.2) is 118 Å². The van der Waals surface area contributed by atoms with E-state index in [1.165, 1.54) is 78.3 Å². The summed E-state index contributed by atoms with van der Waals surface area (Å²) in [6.07, 6.45) is 0. The molecule has 0 bridgehead atoms. The van der Waals surface area contributed by atoms with Crippen molar-refractivity contribution in [3.8, 4) is 22.3 Å². The molecule has 0 aliphatic rings. The summed E-state index contributed by atoms with van der Waals surface area (Å²) in [6, 6.07) is 38.9. The van der Waals surface area contributed by atoms with Crippen LogP contribution >= 0.6 is 31.9 Å². The predicted molar refractivity (Wildman–Crippen MR) is 173 cm³/mol. The molecule has 0 spiro atoms. The van der Waals surface area contributed by atoms with Gasteiger partial charge in [-0.15, -0.1) is 69.1 Å². The molecular formula is C34H30Br2SiZr-4. The van der Waals surface area contributed by atoms with Crippen LogP contribution in [0.25, 0.3) is 43.8 Å². The Kier molecular flexibility index (Phi) is 12.8. The van der Waals surface area contributed by atoms with Crippen LogP contribution in [0, 0.1) is 28.7 Å². The Labute approximate surface area is 261 Å². The normalized spacial score (nSPS) is 9.87. The molecule has 0 aromatic heterocycles. The number of hydrogen-bond acceptors (Lipinski definition) is 0. The topological polar surface area (TPSA) is 0 Å². The van der Waals surface area contributed by atoms with Gasteiger partial charge in [0, 0.05) is 8.95 Å². The molecule has 0 fully saturated rings. The van der Waals surface area contributed by atoms with Crippen LogP contribution < -0.4 is 0 Å². The van der Waals surface area contributed by atoms with Crippen molar-refractivity contribution >= 4 is 60.3 Å². The molecule has 0 nitrogen and oxygen atoms in total. The van der Waals surface area contributed by atoms with Crippen LogP contribution in [0.4, 0.5) is 0 Å². The molecule has 0 aliphatic heterocycles. The van der Waals surface area contributed by atoms with Gasteiger partial charge in [-0.3, -0.25) is 0 Å². The number of halogens is 2. The van der Waals surface area contributed by atoms with Gasteiger partial charge in [0.1, 0.15) is 0 Å². The van der Waals surface area contributed by atoms with Gasteiger partial charge in [-0.25, -0.2) is 0 Å². The van der Waals surface area contributed by atoms with Gasteiger partial charge in [0.15, 0.2) is 0 Å². The van der Waals surface area contributed by atoms with Gasteiger partial charge in [-0.05, 0) is 35.4 Å². The molecule has 6 aromatic rings. The molecule has 2 radical (unpaired) electrons. The van der Waals surface area contributed by atoms with Crippen molar-refractivity contribution in [3.05, 3.63) is 144 Å². The van der Waals surface area contributed by atoms with Crippen LogP contribution in [0.2, 0.25) is 0 Å². The first-order valence-corrected chi connectivity index (χ1v) is 17.3. The molecule has 6 rings (SSSR count). The minimum absolute atomic E-state index is 0. The summed E-state index contributed by atoms with van der Waals surface area (Å²) < 4.78 is 2.24. The van der Waals surface area contributed by atoms with Crippen LogP contribution in [0.3, 0.4) is 0 Å².